The van der Waals surface area contributed by atoms with Crippen LogP contribution in [0.3, 0.4) is 0 Å². The molecule has 2 bridgehead atoms. The molecule has 0 radical (unpaired) electrons. The molecule has 1 unspecified atom stereocenters. The molecule has 0 aliphatic carbocycles. The summed E-state index contributed by atoms with van der Waals surface area (Å²) in [5, 5.41) is 3.50. The Morgan fingerprint density at radius 1 is 1.43 bits per heavy atom. The average Bonchev–Trinajstić information content (AvgIpc) is 3.02. The zero-order valence-corrected chi connectivity index (χ0v) is 13.0. The topological polar surface area (TPSA) is 47.3 Å². The van der Waals surface area contributed by atoms with Gasteiger partial charge in [0.1, 0.15) is 5.76 Å². The van der Waals surface area contributed by atoms with Gasteiger partial charge in [-0.25, -0.2) is 0 Å². The molecule has 3 aliphatic rings. The lowest BCUT2D eigenvalue weighted by Crippen LogP contribution is -2.63. The lowest BCUT2D eigenvalue weighted by molar-refractivity contribution is 0.0152. The maximum atomic E-state index is 5.39. The fourth-order valence-corrected chi connectivity index (χ4v) is 3.22. The van der Waals surface area contributed by atoms with E-state index in [0.29, 0.717) is 6.04 Å². The second kappa shape index (κ2) is 6.49. The van der Waals surface area contributed by atoms with Gasteiger partial charge in [0.25, 0.3) is 0 Å². The molecule has 21 heavy (non-hydrogen) atoms. The molecule has 1 atom stereocenters. The van der Waals surface area contributed by atoms with Crippen molar-refractivity contribution in [2.24, 2.45) is 4.99 Å². The van der Waals surface area contributed by atoms with Crippen molar-refractivity contribution in [3.63, 3.8) is 0 Å². The molecule has 0 saturated carbocycles. The Labute approximate surface area is 126 Å². The van der Waals surface area contributed by atoms with E-state index >= 15 is 0 Å². The van der Waals surface area contributed by atoms with Gasteiger partial charge in [-0.3, -0.25) is 14.8 Å². The summed E-state index contributed by atoms with van der Waals surface area (Å²) in [6, 6.07) is 4.50. The van der Waals surface area contributed by atoms with Gasteiger partial charge in [-0.05, 0) is 12.1 Å². The second-order valence-electron chi connectivity index (χ2n) is 5.85. The van der Waals surface area contributed by atoms with E-state index in [1.165, 1.54) is 32.7 Å². The van der Waals surface area contributed by atoms with Crippen LogP contribution in [0.5, 0.6) is 0 Å². The number of aliphatic imine (C=N–C) groups is 1. The summed E-state index contributed by atoms with van der Waals surface area (Å²) in [5.41, 5.74) is 0. The lowest BCUT2D eigenvalue weighted by Gasteiger charge is -2.47. The van der Waals surface area contributed by atoms with Gasteiger partial charge in [0, 0.05) is 59.4 Å². The van der Waals surface area contributed by atoms with Crippen LogP contribution in [0.25, 0.3) is 0 Å². The van der Waals surface area contributed by atoms with Crippen LogP contribution in [0.4, 0.5) is 0 Å². The van der Waals surface area contributed by atoms with Gasteiger partial charge in [-0.2, -0.15) is 0 Å². The monoisotopic (exact) mass is 291 g/mol. The van der Waals surface area contributed by atoms with E-state index in [4.69, 9.17) is 4.42 Å². The van der Waals surface area contributed by atoms with Crippen molar-refractivity contribution in [3.05, 3.63) is 24.2 Å². The zero-order chi connectivity index (χ0) is 14.7. The zero-order valence-electron chi connectivity index (χ0n) is 13.0. The number of nitrogens with one attached hydrogen (secondary N) is 1. The molecule has 3 saturated heterocycles. The minimum Gasteiger partial charge on any atom is -0.467 e. The highest BCUT2D eigenvalue weighted by atomic mass is 16.3. The van der Waals surface area contributed by atoms with Crippen molar-refractivity contribution in [3.8, 4) is 0 Å². The summed E-state index contributed by atoms with van der Waals surface area (Å²) in [6.45, 7) is 7.71. The minimum absolute atomic E-state index is 0.598. The number of nitrogens with zero attached hydrogens (tertiary/aromatic N) is 4. The van der Waals surface area contributed by atoms with Crippen molar-refractivity contribution >= 4 is 5.96 Å². The van der Waals surface area contributed by atoms with Gasteiger partial charge in [0.05, 0.1) is 12.8 Å². The van der Waals surface area contributed by atoms with Crippen LogP contribution in [-0.2, 0) is 6.54 Å². The number of hydrogen-bond acceptors (Lipinski definition) is 4. The normalized spacial score (nSPS) is 28.7. The van der Waals surface area contributed by atoms with Crippen molar-refractivity contribution in [2.45, 2.75) is 12.6 Å². The molecule has 6 nitrogen and oxygen atoms in total. The predicted molar refractivity (Wildman–Crippen MR) is 83.3 cm³/mol. The van der Waals surface area contributed by atoms with Crippen LogP contribution in [0.1, 0.15) is 5.76 Å². The molecule has 0 amide bonds. The summed E-state index contributed by atoms with van der Waals surface area (Å²) in [7, 11) is 3.87. The van der Waals surface area contributed by atoms with E-state index in [2.05, 4.69) is 25.0 Å². The molecular formula is C15H25N5O. The number of guanidine groups is 1. The third-order valence-corrected chi connectivity index (χ3v) is 4.43. The third kappa shape index (κ3) is 3.39. The van der Waals surface area contributed by atoms with E-state index in [1.807, 2.05) is 26.2 Å². The van der Waals surface area contributed by atoms with E-state index < -0.39 is 0 Å². The predicted octanol–water partition coefficient (Wildman–Crippen LogP) is 0.287. The number of furan rings is 1. The first kappa shape index (κ1) is 14.4. The van der Waals surface area contributed by atoms with Crippen molar-refractivity contribution in [1.82, 2.24) is 20.0 Å². The Morgan fingerprint density at radius 3 is 2.81 bits per heavy atom. The maximum Gasteiger partial charge on any atom is 0.193 e. The van der Waals surface area contributed by atoms with Crippen LogP contribution in [0.2, 0.25) is 0 Å². The number of rotatable bonds is 4. The van der Waals surface area contributed by atoms with E-state index in [9.17, 15) is 0 Å². The summed E-state index contributed by atoms with van der Waals surface area (Å²) < 4.78 is 5.39. The molecule has 0 aromatic carbocycles. The highest BCUT2D eigenvalue weighted by Crippen LogP contribution is 2.14. The SMILES string of the molecule is CN=C(NCC1CN2CCN1CC2)N(C)Cc1ccco1. The average molecular weight is 291 g/mol. The van der Waals surface area contributed by atoms with Gasteiger partial charge in [0.15, 0.2) is 5.96 Å². The third-order valence-electron chi connectivity index (χ3n) is 4.43. The van der Waals surface area contributed by atoms with E-state index in [0.717, 1.165) is 24.8 Å². The largest absolute Gasteiger partial charge is 0.467 e. The van der Waals surface area contributed by atoms with Crippen LogP contribution < -0.4 is 5.32 Å². The van der Waals surface area contributed by atoms with Crippen LogP contribution in [0, 0.1) is 0 Å². The lowest BCUT2D eigenvalue weighted by atomic mass is 10.1. The molecule has 1 N–H and O–H groups in total. The minimum atomic E-state index is 0.598. The first-order valence-electron chi connectivity index (χ1n) is 7.67. The Hall–Kier alpha value is -1.53. The fraction of sp³-hybridized carbons (Fsp3) is 0.667. The quantitative estimate of drug-likeness (QED) is 0.638. The summed E-state index contributed by atoms with van der Waals surface area (Å²) in [4.78, 5) is 11.6. The molecule has 1 aromatic heterocycles. The van der Waals surface area contributed by atoms with Crippen LogP contribution in [-0.4, -0.2) is 80.1 Å². The maximum absolute atomic E-state index is 5.39. The summed E-state index contributed by atoms with van der Waals surface area (Å²) >= 11 is 0. The number of piperazine rings is 3. The Balaban J connectivity index is 1.50. The first-order valence-corrected chi connectivity index (χ1v) is 7.67. The first-order chi connectivity index (χ1) is 10.3. The molecule has 3 fully saturated rings. The standard InChI is InChI=1S/C15H25N5O/c1-16-15(18(2)12-14-4-3-9-21-14)17-10-13-11-19-5-7-20(13)8-6-19/h3-4,9,13H,5-8,10-12H2,1-2H3,(H,16,17). The Kier molecular flexibility index (Phi) is 4.45. The molecule has 0 spiro atoms. The van der Waals surface area contributed by atoms with Crippen molar-refractivity contribution < 1.29 is 4.42 Å². The van der Waals surface area contributed by atoms with Gasteiger partial charge in [-0.15, -0.1) is 0 Å². The van der Waals surface area contributed by atoms with Gasteiger partial charge < -0.3 is 14.6 Å². The summed E-state index contributed by atoms with van der Waals surface area (Å²) in [5.74, 6) is 1.87. The molecule has 116 valence electrons. The van der Waals surface area contributed by atoms with Crippen molar-refractivity contribution in [1.29, 1.82) is 0 Å². The Morgan fingerprint density at radius 2 is 2.24 bits per heavy atom. The van der Waals surface area contributed by atoms with E-state index in [-0.39, 0.29) is 0 Å². The molecule has 1 aromatic rings. The smallest absolute Gasteiger partial charge is 0.193 e. The fourth-order valence-electron chi connectivity index (χ4n) is 3.22. The molecule has 6 heteroatoms. The Bertz CT molecular complexity index is 464. The summed E-state index contributed by atoms with van der Waals surface area (Å²) in [6.07, 6.45) is 1.71. The van der Waals surface area contributed by atoms with Gasteiger partial charge in [0.2, 0.25) is 0 Å². The highest BCUT2D eigenvalue weighted by molar-refractivity contribution is 5.79. The second-order valence-corrected chi connectivity index (χ2v) is 5.85. The van der Waals surface area contributed by atoms with Crippen LogP contribution in [0.15, 0.2) is 27.8 Å². The van der Waals surface area contributed by atoms with Crippen LogP contribution >= 0.6 is 0 Å². The van der Waals surface area contributed by atoms with Gasteiger partial charge in [-0.1, -0.05) is 0 Å². The van der Waals surface area contributed by atoms with E-state index in [1.54, 1.807) is 6.26 Å². The molecular weight excluding hydrogens is 266 g/mol. The highest BCUT2D eigenvalue weighted by Gasteiger charge is 2.31. The molecule has 4 rings (SSSR count). The molecule has 4 heterocycles. The molecule has 3 aliphatic heterocycles. The number of hydrogen-bond donors (Lipinski definition) is 1. The van der Waals surface area contributed by atoms with Gasteiger partial charge >= 0.3 is 0 Å². The van der Waals surface area contributed by atoms with Crippen molar-refractivity contribution in [2.75, 3.05) is 53.4 Å². The number of fused-ring (bicyclic) bond motifs is 3.